The van der Waals surface area contributed by atoms with Gasteiger partial charge in [-0.05, 0) is 0 Å². The van der Waals surface area contributed by atoms with Gasteiger partial charge in [0, 0.05) is 0 Å². The Bertz CT molecular complexity index is 687. The predicted molar refractivity (Wildman–Crippen MR) is 91.8 cm³/mol. The van der Waals surface area contributed by atoms with E-state index in [4.69, 9.17) is 0 Å². The van der Waals surface area contributed by atoms with E-state index in [0.717, 1.165) is 6.42 Å². The van der Waals surface area contributed by atoms with Crippen LogP contribution in [-0.2, 0) is 4.79 Å². The first-order valence-corrected chi connectivity index (χ1v) is 9.62. The van der Waals surface area contributed by atoms with Crippen molar-refractivity contribution in [3.63, 3.8) is 0 Å². The van der Waals surface area contributed by atoms with Crippen LogP contribution in [0.2, 0.25) is 4.82 Å². The van der Waals surface area contributed by atoms with E-state index in [9.17, 15) is 9.59 Å². The van der Waals surface area contributed by atoms with Gasteiger partial charge < -0.3 is 0 Å². The van der Waals surface area contributed by atoms with Crippen LogP contribution in [0.25, 0.3) is 0 Å². The van der Waals surface area contributed by atoms with Crippen LogP contribution < -0.4 is 4.46 Å². The molecule has 1 saturated heterocycles. The summed E-state index contributed by atoms with van der Waals surface area (Å²) in [7, 11) is 0. The summed E-state index contributed by atoms with van der Waals surface area (Å²) in [6, 6.07) is 19.2. The number of hydrogen-bond donors (Lipinski definition) is 0. The molecule has 4 heteroatoms. The van der Waals surface area contributed by atoms with Gasteiger partial charge in [0.15, 0.2) is 0 Å². The summed E-state index contributed by atoms with van der Waals surface area (Å²) in [6.07, 6.45) is 0.867. The van der Waals surface area contributed by atoms with Gasteiger partial charge in [0.05, 0.1) is 0 Å². The standard InChI is InChI=1S/C19H19NO2Se/c1-14-12-17(23-16-10-6-3-7-11-16)19(22)20(13-14)18(21)15-8-4-2-5-9-15/h2-11,14,17H,12-13H2,1H3. The van der Waals surface area contributed by atoms with Gasteiger partial charge in [-0.3, -0.25) is 0 Å². The van der Waals surface area contributed by atoms with Crippen LogP contribution in [0.15, 0.2) is 60.7 Å². The van der Waals surface area contributed by atoms with Crippen LogP contribution in [0.4, 0.5) is 0 Å². The van der Waals surface area contributed by atoms with Gasteiger partial charge in [-0.25, -0.2) is 0 Å². The van der Waals surface area contributed by atoms with Crippen LogP contribution >= 0.6 is 0 Å². The van der Waals surface area contributed by atoms with Gasteiger partial charge >= 0.3 is 143 Å². The Labute approximate surface area is 142 Å². The normalized spacial score (nSPS) is 21.3. The summed E-state index contributed by atoms with van der Waals surface area (Å²) in [6.45, 7) is 2.64. The molecule has 1 aliphatic heterocycles. The van der Waals surface area contributed by atoms with Gasteiger partial charge in [0.25, 0.3) is 0 Å². The first-order valence-electron chi connectivity index (χ1n) is 7.77. The number of carbonyl (C=O) groups excluding carboxylic acids is 2. The number of nitrogens with zero attached hydrogens (tertiary/aromatic N) is 1. The summed E-state index contributed by atoms with van der Waals surface area (Å²) < 4.78 is 1.21. The Balaban J connectivity index is 1.79. The molecule has 1 fully saturated rings. The van der Waals surface area contributed by atoms with Crippen LogP contribution in [0.3, 0.4) is 0 Å². The van der Waals surface area contributed by atoms with E-state index in [1.807, 2.05) is 36.4 Å². The average Bonchev–Trinajstić information content (AvgIpc) is 2.59. The molecule has 0 spiro atoms. The van der Waals surface area contributed by atoms with E-state index >= 15 is 0 Å². The molecule has 0 radical (unpaired) electrons. The maximum absolute atomic E-state index is 12.8. The molecule has 1 heterocycles. The van der Waals surface area contributed by atoms with Gasteiger partial charge in [-0.2, -0.15) is 0 Å². The van der Waals surface area contributed by atoms with E-state index < -0.39 is 0 Å². The molecule has 2 amide bonds. The molecule has 0 N–H and O–H groups in total. The molecule has 23 heavy (non-hydrogen) atoms. The monoisotopic (exact) mass is 373 g/mol. The maximum atomic E-state index is 12.8. The molecule has 0 aromatic heterocycles. The second-order valence-corrected chi connectivity index (χ2v) is 8.56. The van der Waals surface area contributed by atoms with E-state index in [0.29, 0.717) is 18.0 Å². The topological polar surface area (TPSA) is 37.4 Å². The van der Waals surface area contributed by atoms with Gasteiger partial charge in [-0.15, -0.1) is 0 Å². The summed E-state index contributed by atoms with van der Waals surface area (Å²) >= 11 is 0.0578. The van der Waals surface area contributed by atoms with Gasteiger partial charge in [0.2, 0.25) is 0 Å². The molecule has 3 nitrogen and oxygen atoms in total. The number of imide groups is 1. The number of amides is 2. The zero-order valence-corrected chi connectivity index (χ0v) is 14.7. The fraction of sp³-hybridized carbons (Fsp3) is 0.263. The second kappa shape index (κ2) is 7.12. The van der Waals surface area contributed by atoms with Crippen LogP contribution in [0, 0.1) is 5.92 Å². The van der Waals surface area contributed by atoms with Gasteiger partial charge in [0.1, 0.15) is 0 Å². The Morgan fingerprint density at radius 2 is 1.65 bits per heavy atom. The van der Waals surface area contributed by atoms with Crippen molar-refractivity contribution >= 4 is 31.2 Å². The quantitative estimate of drug-likeness (QED) is 0.613. The molecule has 2 aromatic rings. The molecular weight excluding hydrogens is 353 g/mol. The van der Waals surface area contributed by atoms with E-state index in [2.05, 4.69) is 19.1 Å². The molecule has 0 saturated carbocycles. The van der Waals surface area contributed by atoms with Crippen molar-refractivity contribution in [2.45, 2.75) is 18.2 Å². The zero-order valence-electron chi connectivity index (χ0n) is 13.0. The minimum atomic E-state index is -0.170. The van der Waals surface area contributed by atoms with E-state index in [1.54, 1.807) is 12.1 Å². The number of hydrogen-bond acceptors (Lipinski definition) is 2. The van der Waals surface area contributed by atoms with Crippen molar-refractivity contribution in [3.8, 4) is 0 Å². The molecule has 2 atom stereocenters. The molecule has 0 bridgehead atoms. The van der Waals surface area contributed by atoms with Crippen molar-refractivity contribution in [1.29, 1.82) is 0 Å². The van der Waals surface area contributed by atoms with Crippen molar-refractivity contribution < 1.29 is 9.59 Å². The molecule has 118 valence electrons. The number of piperidine rings is 1. The SMILES string of the molecule is CC1CC([Se]c2ccccc2)C(=O)N(C(=O)c2ccccc2)C1. The predicted octanol–water partition coefficient (Wildman–Crippen LogP) is 2.51. The summed E-state index contributed by atoms with van der Waals surface area (Å²) in [5.41, 5.74) is 0.584. The second-order valence-electron chi connectivity index (χ2n) is 5.88. The fourth-order valence-electron chi connectivity index (χ4n) is 2.80. The Kier molecular flexibility index (Phi) is 4.94. The van der Waals surface area contributed by atoms with Crippen molar-refractivity contribution in [3.05, 3.63) is 66.2 Å². The number of benzene rings is 2. The molecule has 1 aliphatic rings. The first kappa shape index (κ1) is 16.0. The number of rotatable bonds is 3. The fourth-order valence-corrected chi connectivity index (χ4v) is 5.52. The van der Waals surface area contributed by atoms with E-state index in [1.165, 1.54) is 9.36 Å². The van der Waals surface area contributed by atoms with Crippen molar-refractivity contribution in [2.75, 3.05) is 6.54 Å². The third-order valence-electron chi connectivity index (χ3n) is 3.94. The third-order valence-corrected chi connectivity index (χ3v) is 6.51. The first-order chi connectivity index (χ1) is 11.1. The van der Waals surface area contributed by atoms with Gasteiger partial charge in [-0.1, -0.05) is 0 Å². The molecule has 0 aliphatic carbocycles. The summed E-state index contributed by atoms with van der Waals surface area (Å²) in [4.78, 5) is 26.9. The number of carbonyl (C=O) groups is 2. The third kappa shape index (κ3) is 3.72. The molecule has 2 aromatic carbocycles. The average molecular weight is 372 g/mol. The Morgan fingerprint density at radius 3 is 2.30 bits per heavy atom. The van der Waals surface area contributed by atoms with Crippen LogP contribution in [0.5, 0.6) is 0 Å². The van der Waals surface area contributed by atoms with Crippen LogP contribution in [-0.4, -0.2) is 38.2 Å². The van der Waals surface area contributed by atoms with Crippen LogP contribution in [0.1, 0.15) is 23.7 Å². The molecule has 3 rings (SSSR count). The Hall–Kier alpha value is -1.90. The molecule has 2 unspecified atom stereocenters. The summed E-state index contributed by atoms with van der Waals surface area (Å²) in [5, 5.41) is 0. The van der Waals surface area contributed by atoms with Crippen molar-refractivity contribution in [1.82, 2.24) is 4.90 Å². The molecular formula is C19H19NO2Se. The Morgan fingerprint density at radius 1 is 1.04 bits per heavy atom. The van der Waals surface area contributed by atoms with Crippen molar-refractivity contribution in [2.24, 2.45) is 5.92 Å². The zero-order chi connectivity index (χ0) is 16.2. The minimum absolute atomic E-state index is 0.0131. The van der Waals surface area contributed by atoms with E-state index in [-0.39, 0.29) is 31.6 Å². The summed E-state index contributed by atoms with van der Waals surface area (Å²) in [5.74, 6) is 0.160. The number of likely N-dealkylation sites (tertiary alicyclic amines) is 1.